The van der Waals surface area contributed by atoms with Gasteiger partial charge in [-0.15, -0.1) is 0 Å². The Morgan fingerprint density at radius 2 is 1.79 bits per heavy atom. The molecule has 0 spiro atoms. The van der Waals surface area contributed by atoms with Crippen LogP contribution in [0.4, 0.5) is 11.4 Å². The molecule has 9 heteroatoms. The summed E-state index contributed by atoms with van der Waals surface area (Å²) in [4.78, 5) is 41.4. The summed E-state index contributed by atoms with van der Waals surface area (Å²) in [5, 5.41) is 4.33. The van der Waals surface area contributed by atoms with Crippen LogP contribution in [-0.4, -0.2) is 59.4 Å². The molecule has 0 unspecified atom stereocenters. The van der Waals surface area contributed by atoms with E-state index >= 15 is 0 Å². The van der Waals surface area contributed by atoms with E-state index in [-0.39, 0.29) is 11.8 Å². The number of hydrogen-bond acceptors (Lipinski definition) is 5. The smallest absolute Gasteiger partial charge is 0.258 e. The van der Waals surface area contributed by atoms with Crippen LogP contribution < -0.4 is 10.2 Å². The molecule has 42 heavy (non-hydrogen) atoms. The van der Waals surface area contributed by atoms with E-state index in [9.17, 15) is 9.59 Å². The summed E-state index contributed by atoms with van der Waals surface area (Å²) in [5.74, 6) is 0.239. The molecule has 3 aromatic carbocycles. The van der Waals surface area contributed by atoms with E-state index in [1.54, 1.807) is 48.5 Å². The first-order valence-corrected chi connectivity index (χ1v) is 13.8. The van der Waals surface area contributed by atoms with Gasteiger partial charge in [0.15, 0.2) is 0 Å². The van der Waals surface area contributed by atoms with Gasteiger partial charge in [0, 0.05) is 71.9 Å². The Labute approximate surface area is 249 Å². The van der Waals surface area contributed by atoms with E-state index in [4.69, 9.17) is 16.6 Å². The largest absolute Gasteiger partial charge is 0.360 e. The number of nitrogens with one attached hydrogen (secondary N) is 2. The highest BCUT2D eigenvalue weighted by atomic mass is 35.5. The number of aromatic amines is 1. The molecule has 0 aliphatic carbocycles. The summed E-state index contributed by atoms with van der Waals surface area (Å²) in [6.07, 6.45) is 7.30. The Kier molecular flexibility index (Phi) is 8.76. The highest BCUT2D eigenvalue weighted by Gasteiger charge is 2.16. The highest BCUT2D eigenvalue weighted by molar-refractivity contribution is 6.33. The van der Waals surface area contributed by atoms with Gasteiger partial charge < -0.3 is 20.1 Å². The van der Waals surface area contributed by atoms with Crippen molar-refractivity contribution in [3.8, 4) is 11.3 Å². The molecule has 0 saturated heterocycles. The van der Waals surface area contributed by atoms with Gasteiger partial charge in [-0.05, 0) is 62.1 Å². The number of para-hydroxylation sites is 1. The van der Waals surface area contributed by atoms with Gasteiger partial charge in [-0.2, -0.15) is 0 Å². The van der Waals surface area contributed by atoms with Crippen LogP contribution in [0.5, 0.6) is 0 Å². The summed E-state index contributed by atoms with van der Waals surface area (Å²) >= 11 is 6.51. The topological polar surface area (TPSA) is 94.2 Å². The monoisotopic (exact) mass is 578 g/mol. The molecule has 0 aliphatic rings. The van der Waals surface area contributed by atoms with Gasteiger partial charge in [0.2, 0.25) is 5.91 Å². The fourth-order valence-corrected chi connectivity index (χ4v) is 4.76. The predicted octanol–water partition coefficient (Wildman–Crippen LogP) is 6.20. The van der Waals surface area contributed by atoms with Crippen molar-refractivity contribution in [2.75, 3.05) is 37.9 Å². The number of H-pyrrole nitrogens is 1. The van der Waals surface area contributed by atoms with Gasteiger partial charge in [-0.3, -0.25) is 9.59 Å². The molecule has 212 valence electrons. The molecule has 2 heterocycles. The minimum absolute atomic E-state index is 0.166. The molecule has 8 nitrogen and oxygen atoms in total. The number of aromatic nitrogens is 3. The Morgan fingerprint density at radius 1 is 1.00 bits per heavy atom. The van der Waals surface area contributed by atoms with E-state index in [1.807, 2.05) is 73.7 Å². The lowest BCUT2D eigenvalue weighted by Gasteiger charge is -2.18. The molecule has 0 radical (unpaired) electrons. The summed E-state index contributed by atoms with van der Waals surface area (Å²) in [6.45, 7) is 0.674. The number of hydrogen-bond donors (Lipinski definition) is 2. The lowest BCUT2D eigenvalue weighted by atomic mass is 10.1. The van der Waals surface area contributed by atoms with Crippen molar-refractivity contribution in [2.24, 2.45) is 0 Å². The number of benzene rings is 3. The summed E-state index contributed by atoms with van der Waals surface area (Å²) in [6, 6.07) is 22.6. The molecule has 2 aromatic heterocycles. The first-order chi connectivity index (χ1) is 20.3. The molecular formula is C33H31ClN6O2. The van der Waals surface area contributed by atoms with Gasteiger partial charge in [0.1, 0.15) is 5.82 Å². The van der Waals surface area contributed by atoms with E-state index < -0.39 is 0 Å². The second-order valence-corrected chi connectivity index (χ2v) is 10.6. The zero-order chi connectivity index (χ0) is 29.6. The van der Waals surface area contributed by atoms with Crippen LogP contribution in [-0.2, 0) is 11.2 Å². The third kappa shape index (κ3) is 6.74. The maximum atomic E-state index is 13.3. The van der Waals surface area contributed by atoms with Crippen LogP contribution in [0.15, 0.2) is 97.3 Å². The predicted molar refractivity (Wildman–Crippen MR) is 169 cm³/mol. The third-order valence-electron chi connectivity index (χ3n) is 6.74. The van der Waals surface area contributed by atoms with Gasteiger partial charge in [0.05, 0.1) is 10.7 Å². The van der Waals surface area contributed by atoms with Crippen molar-refractivity contribution >= 4 is 45.7 Å². The number of carbonyl (C=O) groups is 2. The van der Waals surface area contributed by atoms with Crippen LogP contribution in [0.1, 0.15) is 21.7 Å². The fraction of sp³-hybridized carbons (Fsp3) is 0.152. The number of halogens is 1. The number of carbonyl (C=O) groups excluding carboxylic acids is 2. The van der Waals surface area contributed by atoms with Crippen molar-refractivity contribution in [3.63, 3.8) is 0 Å². The molecule has 0 aliphatic heterocycles. The fourth-order valence-electron chi connectivity index (χ4n) is 4.56. The average molecular weight is 579 g/mol. The lowest BCUT2D eigenvalue weighted by molar-refractivity contribution is -0.111. The van der Waals surface area contributed by atoms with E-state index in [0.29, 0.717) is 40.8 Å². The number of nitrogens with zero attached hydrogens (tertiary/aromatic N) is 4. The van der Waals surface area contributed by atoms with E-state index in [1.165, 1.54) is 6.08 Å². The number of anilines is 2. The Morgan fingerprint density at radius 3 is 2.57 bits per heavy atom. The summed E-state index contributed by atoms with van der Waals surface area (Å²) in [7, 11) is 5.60. The molecule has 2 amide bonds. The van der Waals surface area contributed by atoms with Gasteiger partial charge in [0.25, 0.3) is 5.91 Å². The van der Waals surface area contributed by atoms with Crippen molar-refractivity contribution in [1.29, 1.82) is 0 Å². The number of rotatable bonds is 9. The SMILES string of the molecule is CN(C)C/C=C/C(=O)Nc1ccc(C(=O)N(C)c2cccc(Cc3ncc(Cl)c(-c4c[nH]c5ccccc45)n3)c2)cc1. The van der Waals surface area contributed by atoms with Crippen molar-refractivity contribution in [1.82, 2.24) is 19.9 Å². The lowest BCUT2D eigenvalue weighted by Crippen LogP contribution is -2.26. The van der Waals surface area contributed by atoms with E-state index in [0.717, 1.165) is 27.7 Å². The molecule has 5 aromatic rings. The number of fused-ring (bicyclic) bond motifs is 1. The second kappa shape index (κ2) is 12.8. The minimum atomic E-state index is -0.219. The van der Waals surface area contributed by atoms with Crippen molar-refractivity contribution in [2.45, 2.75) is 6.42 Å². The normalized spacial score (nSPS) is 11.4. The maximum absolute atomic E-state index is 13.3. The van der Waals surface area contributed by atoms with Crippen molar-refractivity contribution < 1.29 is 9.59 Å². The molecule has 0 bridgehead atoms. The molecule has 2 N–H and O–H groups in total. The zero-order valence-corrected chi connectivity index (χ0v) is 24.4. The minimum Gasteiger partial charge on any atom is -0.360 e. The van der Waals surface area contributed by atoms with Gasteiger partial charge in [-0.1, -0.05) is 48.0 Å². The van der Waals surface area contributed by atoms with Crippen LogP contribution in [0, 0.1) is 0 Å². The summed E-state index contributed by atoms with van der Waals surface area (Å²) in [5.41, 5.74) is 5.43. The van der Waals surface area contributed by atoms with Gasteiger partial charge in [-0.25, -0.2) is 9.97 Å². The average Bonchev–Trinajstić information content (AvgIpc) is 3.42. The van der Waals surface area contributed by atoms with Crippen molar-refractivity contribution in [3.05, 3.63) is 119 Å². The standard InChI is InChI=1S/C33H31ClN6O2/c1-39(2)17-7-12-31(41)37-24-15-13-23(14-16-24)33(42)40(3)25-9-6-8-22(18-25)19-30-36-21-28(34)32(38-30)27-20-35-29-11-5-4-10-26(27)29/h4-16,18,20-21,35H,17,19H2,1-3H3,(H,37,41)/b12-7+. The zero-order valence-electron chi connectivity index (χ0n) is 23.6. The Balaban J connectivity index is 1.28. The van der Waals surface area contributed by atoms with Crippen LogP contribution in [0.25, 0.3) is 22.2 Å². The first kappa shape index (κ1) is 28.7. The first-order valence-electron chi connectivity index (χ1n) is 13.5. The molecule has 0 atom stereocenters. The maximum Gasteiger partial charge on any atom is 0.258 e. The van der Waals surface area contributed by atoms with Crippen LogP contribution in [0.2, 0.25) is 5.02 Å². The second-order valence-electron chi connectivity index (χ2n) is 10.2. The summed E-state index contributed by atoms with van der Waals surface area (Å²) < 4.78 is 0. The number of amides is 2. The quantitative estimate of drug-likeness (QED) is 0.203. The Hall–Kier alpha value is -4.79. The van der Waals surface area contributed by atoms with Crippen LogP contribution >= 0.6 is 11.6 Å². The molecule has 5 rings (SSSR count). The molecule has 0 fully saturated rings. The van der Waals surface area contributed by atoms with Crippen LogP contribution in [0.3, 0.4) is 0 Å². The molecular weight excluding hydrogens is 548 g/mol. The van der Waals surface area contributed by atoms with E-state index in [2.05, 4.69) is 15.3 Å². The Bertz CT molecular complexity index is 1760. The third-order valence-corrected chi connectivity index (χ3v) is 7.02. The van der Waals surface area contributed by atoms with Gasteiger partial charge >= 0.3 is 0 Å². The molecule has 0 saturated carbocycles. The highest BCUT2D eigenvalue weighted by Crippen LogP contribution is 2.32. The number of likely N-dealkylation sites (N-methyl/N-ethyl adjacent to an activating group) is 1.